The molecule has 0 unspecified atom stereocenters. The van der Waals surface area contributed by atoms with E-state index in [4.69, 9.17) is 23.8 Å². The van der Waals surface area contributed by atoms with E-state index in [2.05, 4.69) is 27.0 Å². The molecule has 7 heteroatoms. The first-order chi connectivity index (χ1) is 10.0. The van der Waals surface area contributed by atoms with E-state index in [-0.39, 0.29) is 5.02 Å². The van der Waals surface area contributed by atoms with Gasteiger partial charge in [-0.05, 0) is 36.5 Å². The van der Waals surface area contributed by atoms with Crippen LogP contribution in [-0.2, 0) is 0 Å². The van der Waals surface area contributed by atoms with E-state index >= 15 is 0 Å². The fourth-order valence-corrected chi connectivity index (χ4v) is 2.94. The van der Waals surface area contributed by atoms with Crippen molar-refractivity contribution < 1.29 is 4.39 Å². The lowest BCUT2D eigenvalue weighted by Crippen LogP contribution is -1.98. The van der Waals surface area contributed by atoms with E-state index in [0.717, 1.165) is 4.47 Å². The number of fused-ring (bicyclic) bond motifs is 1. The van der Waals surface area contributed by atoms with Gasteiger partial charge in [0.15, 0.2) is 4.77 Å². The Morgan fingerprint density at radius 1 is 1.33 bits per heavy atom. The Kier molecular flexibility index (Phi) is 3.57. The lowest BCUT2D eigenvalue weighted by Gasteiger charge is -2.08. The molecule has 1 aromatic heterocycles. The summed E-state index contributed by atoms with van der Waals surface area (Å²) in [5.41, 5.74) is 2.14. The highest BCUT2D eigenvalue weighted by molar-refractivity contribution is 9.10. The van der Waals surface area contributed by atoms with Gasteiger partial charge < -0.3 is 4.98 Å². The van der Waals surface area contributed by atoms with Crippen molar-refractivity contribution in [2.45, 2.75) is 0 Å². The number of benzene rings is 2. The van der Waals surface area contributed by atoms with Crippen molar-refractivity contribution in [3.05, 3.63) is 56.0 Å². The number of hydrogen-bond acceptors (Lipinski definition) is 2. The van der Waals surface area contributed by atoms with Gasteiger partial charge in [-0.15, -0.1) is 0 Å². The minimum absolute atomic E-state index is 0.0145. The molecule has 0 saturated carbocycles. The quantitative estimate of drug-likeness (QED) is 0.594. The Bertz CT molecular complexity index is 971. The van der Waals surface area contributed by atoms with Crippen molar-refractivity contribution in [2.24, 2.45) is 0 Å². The van der Waals surface area contributed by atoms with Crippen LogP contribution in [0, 0.1) is 21.9 Å². The van der Waals surface area contributed by atoms with Crippen LogP contribution in [0.3, 0.4) is 0 Å². The normalized spacial score (nSPS) is 10.8. The number of nitriles is 1. The van der Waals surface area contributed by atoms with Crippen molar-refractivity contribution >= 4 is 50.8 Å². The van der Waals surface area contributed by atoms with Gasteiger partial charge in [-0.1, -0.05) is 27.5 Å². The number of H-pyrrole nitrogens is 1. The molecule has 2 aromatic carbocycles. The van der Waals surface area contributed by atoms with E-state index in [9.17, 15) is 9.65 Å². The number of imidazole rings is 1. The van der Waals surface area contributed by atoms with Crippen LogP contribution in [0.2, 0.25) is 5.02 Å². The van der Waals surface area contributed by atoms with Gasteiger partial charge in [-0.25, -0.2) is 4.39 Å². The average molecular weight is 383 g/mol. The van der Waals surface area contributed by atoms with Gasteiger partial charge in [0.05, 0.1) is 27.3 Å². The molecule has 0 aliphatic rings. The van der Waals surface area contributed by atoms with E-state index in [1.807, 2.05) is 0 Å². The predicted molar refractivity (Wildman–Crippen MR) is 85.8 cm³/mol. The highest BCUT2D eigenvalue weighted by Gasteiger charge is 2.13. The molecule has 0 amide bonds. The number of halogens is 3. The van der Waals surface area contributed by atoms with Crippen LogP contribution in [0.5, 0.6) is 0 Å². The molecular formula is C14H6BrClFN3S. The molecule has 0 aliphatic carbocycles. The zero-order valence-corrected chi connectivity index (χ0v) is 13.5. The Morgan fingerprint density at radius 2 is 2.10 bits per heavy atom. The molecule has 0 saturated heterocycles. The van der Waals surface area contributed by atoms with Crippen LogP contribution < -0.4 is 0 Å². The smallest absolute Gasteiger partial charge is 0.182 e. The number of hydrogen-bond donors (Lipinski definition) is 1. The van der Waals surface area contributed by atoms with Crippen LogP contribution >= 0.6 is 39.7 Å². The minimum atomic E-state index is -0.541. The lowest BCUT2D eigenvalue weighted by atomic mass is 10.2. The summed E-state index contributed by atoms with van der Waals surface area (Å²) in [6.07, 6.45) is 0. The summed E-state index contributed by atoms with van der Waals surface area (Å²) in [5, 5.41) is 9.27. The summed E-state index contributed by atoms with van der Waals surface area (Å²) in [5.74, 6) is -0.541. The van der Waals surface area contributed by atoms with E-state index in [1.54, 1.807) is 22.8 Å². The standard InChI is InChI=1S/C14H6BrClFN3S/c15-8-2-1-7(6-18)12(3-8)20-13-5-10(17)9(16)4-11(13)19-14(20)21/h1-5H,(H,19,21). The third kappa shape index (κ3) is 2.38. The SMILES string of the molecule is N#Cc1ccc(Br)cc1-n1c(=S)[nH]c2cc(Cl)c(F)cc21. The summed E-state index contributed by atoms with van der Waals surface area (Å²) in [4.78, 5) is 2.97. The maximum Gasteiger partial charge on any atom is 0.182 e. The fourth-order valence-electron chi connectivity index (χ4n) is 2.13. The molecule has 0 spiro atoms. The molecule has 0 bridgehead atoms. The van der Waals surface area contributed by atoms with Crippen molar-refractivity contribution in [3.8, 4) is 11.8 Å². The van der Waals surface area contributed by atoms with Crippen LogP contribution in [0.4, 0.5) is 4.39 Å². The second kappa shape index (κ2) is 5.26. The van der Waals surface area contributed by atoms with Gasteiger partial charge in [0.1, 0.15) is 11.9 Å². The van der Waals surface area contributed by atoms with Gasteiger partial charge in [-0.2, -0.15) is 5.26 Å². The van der Waals surface area contributed by atoms with Crippen molar-refractivity contribution in [2.75, 3.05) is 0 Å². The Morgan fingerprint density at radius 3 is 2.81 bits per heavy atom. The largest absolute Gasteiger partial charge is 0.330 e. The van der Waals surface area contributed by atoms with E-state index < -0.39 is 5.82 Å². The molecule has 0 fully saturated rings. The van der Waals surface area contributed by atoms with Gasteiger partial charge in [-0.3, -0.25) is 4.57 Å². The van der Waals surface area contributed by atoms with Crippen molar-refractivity contribution in [3.63, 3.8) is 0 Å². The molecule has 104 valence electrons. The van der Waals surface area contributed by atoms with Crippen LogP contribution in [0.15, 0.2) is 34.8 Å². The number of aromatic nitrogens is 2. The zero-order chi connectivity index (χ0) is 15.1. The Labute approximate surface area is 137 Å². The number of nitrogens with one attached hydrogen (secondary N) is 1. The van der Waals surface area contributed by atoms with Crippen molar-refractivity contribution in [1.82, 2.24) is 9.55 Å². The molecule has 3 nitrogen and oxygen atoms in total. The molecule has 3 aromatic rings. The zero-order valence-electron chi connectivity index (χ0n) is 10.3. The summed E-state index contributed by atoms with van der Waals surface area (Å²) in [7, 11) is 0. The van der Waals surface area contributed by atoms with Gasteiger partial charge >= 0.3 is 0 Å². The first-order valence-corrected chi connectivity index (χ1v) is 7.39. The van der Waals surface area contributed by atoms with E-state index in [0.29, 0.717) is 27.1 Å². The minimum Gasteiger partial charge on any atom is -0.330 e. The van der Waals surface area contributed by atoms with Crippen LogP contribution in [-0.4, -0.2) is 9.55 Å². The number of aromatic amines is 1. The first-order valence-electron chi connectivity index (χ1n) is 5.81. The lowest BCUT2D eigenvalue weighted by molar-refractivity contribution is 0.629. The third-order valence-corrected chi connectivity index (χ3v) is 4.11. The average Bonchev–Trinajstić information content (AvgIpc) is 2.74. The van der Waals surface area contributed by atoms with Gasteiger partial charge in [0.25, 0.3) is 0 Å². The predicted octanol–water partition coefficient (Wildman–Crippen LogP) is 5.11. The van der Waals surface area contributed by atoms with Crippen LogP contribution in [0.25, 0.3) is 16.7 Å². The summed E-state index contributed by atoms with van der Waals surface area (Å²) >= 11 is 14.4. The maximum atomic E-state index is 13.7. The Hall–Kier alpha value is -1.68. The van der Waals surface area contributed by atoms with Gasteiger partial charge in [0.2, 0.25) is 0 Å². The van der Waals surface area contributed by atoms with Crippen molar-refractivity contribution in [1.29, 1.82) is 5.26 Å². The second-order valence-electron chi connectivity index (χ2n) is 4.32. The first kappa shape index (κ1) is 14.3. The monoisotopic (exact) mass is 381 g/mol. The molecule has 0 radical (unpaired) electrons. The topological polar surface area (TPSA) is 44.5 Å². The highest BCUT2D eigenvalue weighted by Crippen LogP contribution is 2.28. The molecule has 21 heavy (non-hydrogen) atoms. The molecule has 1 heterocycles. The molecule has 1 N–H and O–H groups in total. The van der Waals surface area contributed by atoms with Crippen LogP contribution in [0.1, 0.15) is 5.56 Å². The Balaban J connectivity index is 2.44. The van der Waals surface area contributed by atoms with E-state index in [1.165, 1.54) is 12.1 Å². The van der Waals surface area contributed by atoms with Gasteiger partial charge in [0, 0.05) is 10.5 Å². The summed E-state index contributed by atoms with van der Waals surface area (Å²) in [6.45, 7) is 0. The molecular weight excluding hydrogens is 377 g/mol. The summed E-state index contributed by atoms with van der Waals surface area (Å²) < 4.78 is 16.5. The number of nitrogens with zero attached hydrogens (tertiary/aromatic N) is 2. The number of rotatable bonds is 1. The molecule has 0 atom stereocenters. The maximum absolute atomic E-state index is 13.7. The highest BCUT2D eigenvalue weighted by atomic mass is 79.9. The summed E-state index contributed by atoms with van der Waals surface area (Å²) in [6, 6.07) is 10.1. The molecule has 3 rings (SSSR count). The third-order valence-electron chi connectivity index (χ3n) is 3.05. The second-order valence-corrected chi connectivity index (χ2v) is 6.03. The molecule has 0 aliphatic heterocycles. The fraction of sp³-hybridized carbons (Fsp3) is 0.